The number of aromatic nitrogens is 2. The average molecular weight is 525 g/mol. The third-order valence-corrected chi connectivity index (χ3v) is 7.81. The SMILES string of the molecule is CCN(CCc1nc(OCC(C)(F)F)sc1C)CCC1CCC(NC(=O)c2cccc(=O)n2C)CC1. The van der Waals surface area contributed by atoms with Gasteiger partial charge in [-0.05, 0) is 64.1 Å². The fourth-order valence-electron chi connectivity index (χ4n) is 4.59. The van der Waals surface area contributed by atoms with Crippen molar-refractivity contribution in [3.05, 3.63) is 44.8 Å². The molecule has 1 amide bonds. The molecule has 1 N–H and O–H groups in total. The van der Waals surface area contributed by atoms with Crippen molar-refractivity contribution >= 4 is 17.2 Å². The lowest BCUT2D eigenvalue weighted by molar-refractivity contribution is -0.0230. The van der Waals surface area contributed by atoms with E-state index in [0.29, 0.717) is 16.8 Å². The second-order valence-corrected chi connectivity index (χ2v) is 11.0. The van der Waals surface area contributed by atoms with Gasteiger partial charge in [0.25, 0.3) is 22.6 Å². The zero-order chi connectivity index (χ0) is 26.3. The van der Waals surface area contributed by atoms with Crippen LogP contribution in [0.15, 0.2) is 23.0 Å². The number of likely N-dealkylation sites (N-methyl/N-ethyl adjacent to an activating group) is 1. The van der Waals surface area contributed by atoms with Crippen molar-refractivity contribution in [2.24, 2.45) is 13.0 Å². The molecule has 200 valence electrons. The summed E-state index contributed by atoms with van der Waals surface area (Å²) >= 11 is 1.32. The molecule has 2 aromatic rings. The van der Waals surface area contributed by atoms with Crippen LogP contribution in [0.4, 0.5) is 8.78 Å². The molecule has 0 atom stereocenters. The van der Waals surface area contributed by atoms with E-state index >= 15 is 0 Å². The lowest BCUT2D eigenvalue weighted by atomic mass is 9.84. The smallest absolute Gasteiger partial charge is 0.278 e. The summed E-state index contributed by atoms with van der Waals surface area (Å²) in [7, 11) is 1.61. The number of hydrogen-bond acceptors (Lipinski definition) is 6. The van der Waals surface area contributed by atoms with Crippen LogP contribution < -0.4 is 15.6 Å². The van der Waals surface area contributed by atoms with E-state index in [4.69, 9.17) is 4.74 Å². The van der Waals surface area contributed by atoms with E-state index in [1.807, 2.05) is 6.92 Å². The Hall–Kier alpha value is -2.33. The van der Waals surface area contributed by atoms with E-state index in [9.17, 15) is 18.4 Å². The Morgan fingerprint density at radius 3 is 2.67 bits per heavy atom. The Kier molecular flexibility index (Phi) is 10.0. The van der Waals surface area contributed by atoms with Crippen molar-refractivity contribution in [3.8, 4) is 5.19 Å². The van der Waals surface area contributed by atoms with Crippen molar-refractivity contribution in [1.29, 1.82) is 0 Å². The summed E-state index contributed by atoms with van der Waals surface area (Å²) in [4.78, 5) is 32.2. The number of nitrogens with one attached hydrogen (secondary N) is 1. The van der Waals surface area contributed by atoms with E-state index in [1.165, 1.54) is 22.0 Å². The number of alkyl halides is 2. The van der Waals surface area contributed by atoms with Gasteiger partial charge in [0.05, 0.1) is 5.69 Å². The van der Waals surface area contributed by atoms with E-state index in [2.05, 4.69) is 22.1 Å². The summed E-state index contributed by atoms with van der Waals surface area (Å²) < 4.78 is 32.6. The molecular formula is C26H38F2N4O3S. The molecule has 2 heterocycles. The first kappa shape index (κ1) is 28.2. The highest BCUT2D eigenvalue weighted by molar-refractivity contribution is 7.13. The summed E-state index contributed by atoms with van der Waals surface area (Å²) in [5.41, 5.74) is 1.12. The molecule has 0 aliphatic heterocycles. The van der Waals surface area contributed by atoms with Crippen molar-refractivity contribution in [2.75, 3.05) is 26.2 Å². The molecule has 1 aliphatic carbocycles. The van der Waals surface area contributed by atoms with Crippen molar-refractivity contribution < 1.29 is 18.3 Å². The molecule has 0 saturated heterocycles. The minimum absolute atomic E-state index is 0.142. The fraction of sp³-hybridized carbons (Fsp3) is 0.654. The second kappa shape index (κ2) is 12.8. The molecule has 1 aliphatic rings. The van der Waals surface area contributed by atoms with E-state index in [0.717, 1.165) is 75.7 Å². The molecule has 1 saturated carbocycles. The first-order valence-corrected chi connectivity index (χ1v) is 13.5. The molecule has 1 fully saturated rings. The number of pyridine rings is 1. The maximum atomic E-state index is 13.0. The third kappa shape index (κ3) is 8.37. The first-order chi connectivity index (χ1) is 17.1. The molecule has 0 bridgehead atoms. The number of ether oxygens (including phenoxy) is 1. The number of rotatable bonds is 12. The standard InChI is InChI=1S/C26H38F2N4O3S/c1-5-32(16-14-21-18(2)36-25(30-21)35-17-26(3,27)28)15-13-19-9-11-20(12-10-19)29-24(34)22-7-6-8-23(33)31(22)4/h6-8,19-20H,5,9-17H2,1-4H3,(H,29,34). The van der Waals surface area contributed by atoms with Gasteiger partial charge in [-0.3, -0.25) is 9.59 Å². The van der Waals surface area contributed by atoms with Gasteiger partial charge in [0.1, 0.15) is 5.69 Å². The van der Waals surface area contributed by atoms with Gasteiger partial charge in [-0.15, -0.1) is 0 Å². The maximum Gasteiger partial charge on any atom is 0.278 e. The Morgan fingerprint density at radius 2 is 2.00 bits per heavy atom. The first-order valence-electron chi connectivity index (χ1n) is 12.7. The predicted molar refractivity (Wildman–Crippen MR) is 138 cm³/mol. The summed E-state index contributed by atoms with van der Waals surface area (Å²) in [5.74, 6) is -2.43. The molecule has 7 nitrogen and oxygen atoms in total. The molecular weight excluding hydrogens is 486 g/mol. The molecule has 0 radical (unpaired) electrons. The van der Waals surface area contributed by atoms with Crippen LogP contribution in [-0.2, 0) is 13.5 Å². The Labute approximate surface area is 215 Å². The van der Waals surface area contributed by atoms with Gasteiger partial charge in [0.2, 0.25) is 0 Å². The molecule has 10 heteroatoms. The van der Waals surface area contributed by atoms with Crippen LogP contribution in [0.5, 0.6) is 5.19 Å². The van der Waals surface area contributed by atoms with Crippen LogP contribution in [0.2, 0.25) is 0 Å². The maximum absolute atomic E-state index is 13.0. The Balaban J connectivity index is 1.39. The van der Waals surface area contributed by atoms with Gasteiger partial charge in [-0.2, -0.15) is 0 Å². The molecule has 2 aromatic heterocycles. The molecule has 0 unspecified atom stereocenters. The lowest BCUT2D eigenvalue weighted by Crippen LogP contribution is -2.40. The van der Waals surface area contributed by atoms with Crippen molar-refractivity contribution in [2.45, 2.75) is 71.3 Å². The van der Waals surface area contributed by atoms with Gasteiger partial charge in [-0.25, -0.2) is 13.8 Å². The number of aryl methyl sites for hydroxylation is 1. The Morgan fingerprint density at radius 1 is 1.28 bits per heavy atom. The molecule has 3 rings (SSSR count). The van der Waals surface area contributed by atoms with Gasteiger partial charge in [0, 0.05) is 43.9 Å². The minimum Gasteiger partial charge on any atom is -0.464 e. The number of nitrogens with zero attached hydrogens (tertiary/aromatic N) is 3. The van der Waals surface area contributed by atoms with Crippen molar-refractivity contribution in [1.82, 2.24) is 19.8 Å². The Bertz CT molecular complexity index is 1060. The minimum atomic E-state index is -2.87. The highest BCUT2D eigenvalue weighted by Gasteiger charge is 2.25. The average Bonchev–Trinajstić information content (AvgIpc) is 3.19. The highest BCUT2D eigenvalue weighted by Crippen LogP contribution is 2.28. The van der Waals surface area contributed by atoms with Gasteiger partial charge < -0.3 is 19.5 Å². The second-order valence-electron chi connectivity index (χ2n) is 9.81. The van der Waals surface area contributed by atoms with Gasteiger partial charge >= 0.3 is 0 Å². The van der Waals surface area contributed by atoms with Crippen LogP contribution in [0.3, 0.4) is 0 Å². The van der Waals surface area contributed by atoms with Crippen molar-refractivity contribution in [3.63, 3.8) is 0 Å². The summed E-state index contributed by atoms with van der Waals surface area (Å²) in [6, 6.07) is 4.88. The summed E-state index contributed by atoms with van der Waals surface area (Å²) in [5, 5.41) is 3.41. The zero-order valence-corrected chi connectivity index (χ0v) is 22.5. The quantitative estimate of drug-likeness (QED) is 0.445. The van der Waals surface area contributed by atoms with E-state index < -0.39 is 12.5 Å². The third-order valence-electron chi connectivity index (χ3n) is 6.89. The number of carbonyl (C=O) groups is 1. The van der Waals surface area contributed by atoms with Crippen LogP contribution >= 0.6 is 11.3 Å². The number of amides is 1. The van der Waals surface area contributed by atoms with Crippen LogP contribution in [0.25, 0.3) is 0 Å². The van der Waals surface area contributed by atoms with E-state index in [1.54, 1.807) is 19.2 Å². The normalized spacial score (nSPS) is 18.4. The number of thiazole rings is 1. The van der Waals surface area contributed by atoms with Gasteiger partial charge in [-0.1, -0.05) is 24.3 Å². The number of halogens is 2. The molecule has 0 spiro atoms. The number of carbonyl (C=O) groups excluding carboxylic acids is 1. The van der Waals surface area contributed by atoms with Crippen LogP contribution in [0.1, 0.15) is 67.0 Å². The number of hydrogen-bond donors (Lipinski definition) is 1. The highest BCUT2D eigenvalue weighted by atomic mass is 32.1. The zero-order valence-electron chi connectivity index (χ0n) is 21.7. The molecule has 0 aromatic carbocycles. The predicted octanol–water partition coefficient (Wildman–Crippen LogP) is 4.43. The van der Waals surface area contributed by atoms with E-state index in [-0.39, 0.29) is 17.5 Å². The monoisotopic (exact) mass is 524 g/mol. The lowest BCUT2D eigenvalue weighted by Gasteiger charge is -2.31. The fourth-order valence-corrected chi connectivity index (χ4v) is 5.39. The summed E-state index contributed by atoms with van der Waals surface area (Å²) in [6.07, 6.45) is 5.91. The largest absolute Gasteiger partial charge is 0.464 e. The van der Waals surface area contributed by atoms with Gasteiger partial charge in [0.15, 0.2) is 6.61 Å². The van der Waals surface area contributed by atoms with Crippen LogP contribution in [-0.4, -0.2) is 58.6 Å². The molecule has 36 heavy (non-hydrogen) atoms. The summed E-state index contributed by atoms with van der Waals surface area (Å²) in [6.45, 7) is 7.09. The topological polar surface area (TPSA) is 76.5 Å². The van der Waals surface area contributed by atoms with Crippen LogP contribution in [0, 0.1) is 12.8 Å².